The number of alkyl halides is 5. The number of ether oxygens (including phenoxy) is 2. The quantitative estimate of drug-likeness (QED) is 0.411. The molecule has 5 fully saturated rings. The fraction of sp³-hybridized carbons (Fsp3) is 0.952. The highest BCUT2D eigenvalue weighted by Gasteiger charge is 2.75. The maximum atomic E-state index is 13.8. The molecule has 5 rings (SSSR count). The van der Waals surface area contributed by atoms with Crippen molar-refractivity contribution in [1.29, 1.82) is 0 Å². The second-order valence-electron chi connectivity index (χ2n) is 10.4. The molecule has 1 N–H and O–H groups in total. The smallest absolute Gasteiger partial charge is 0.449 e. The number of hydrogen-bond donors (Lipinski definition) is 1. The van der Waals surface area contributed by atoms with Crippen molar-refractivity contribution in [2.45, 2.75) is 63.5 Å². The minimum absolute atomic E-state index is 0.218. The van der Waals surface area contributed by atoms with Crippen LogP contribution < -0.4 is 0 Å². The van der Waals surface area contributed by atoms with Crippen molar-refractivity contribution in [1.82, 2.24) is 0 Å². The Morgan fingerprint density at radius 2 is 1.70 bits per heavy atom. The van der Waals surface area contributed by atoms with Crippen LogP contribution in [0.2, 0.25) is 0 Å². The maximum absolute atomic E-state index is 13.8. The van der Waals surface area contributed by atoms with Gasteiger partial charge in [-0.25, -0.2) is 8.78 Å². The van der Waals surface area contributed by atoms with E-state index in [1.807, 2.05) is 0 Å². The predicted molar refractivity (Wildman–Crippen MR) is 93.0 cm³/mol. The third-order valence-electron chi connectivity index (χ3n) is 9.26. The molecular formula is C21H27F5O4. The van der Waals surface area contributed by atoms with Crippen LogP contribution in [0.25, 0.3) is 0 Å². The number of carbonyl (C=O) groups excluding carboxylic acids is 1. The van der Waals surface area contributed by atoms with E-state index in [1.54, 1.807) is 0 Å². The minimum Gasteiger partial charge on any atom is -0.463 e. The summed E-state index contributed by atoms with van der Waals surface area (Å²) in [6, 6.07) is 0. The van der Waals surface area contributed by atoms with Gasteiger partial charge in [0.05, 0.1) is 5.92 Å². The van der Waals surface area contributed by atoms with Gasteiger partial charge in [-0.1, -0.05) is 13.8 Å². The van der Waals surface area contributed by atoms with Crippen LogP contribution in [-0.4, -0.2) is 41.7 Å². The molecule has 170 valence electrons. The van der Waals surface area contributed by atoms with Gasteiger partial charge in [0.1, 0.15) is 12.7 Å². The fourth-order valence-electron chi connectivity index (χ4n) is 7.94. The molecule has 0 radical (unpaired) electrons. The van der Waals surface area contributed by atoms with Crippen LogP contribution in [0, 0.1) is 53.3 Å². The van der Waals surface area contributed by atoms with Gasteiger partial charge in [-0.05, 0) is 66.6 Å². The lowest BCUT2D eigenvalue weighted by Crippen LogP contribution is -2.56. The summed E-state index contributed by atoms with van der Waals surface area (Å²) >= 11 is 0. The van der Waals surface area contributed by atoms with E-state index in [9.17, 15) is 31.9 Å². The van der Waals surface area contributed by atoms with Crippen LogP contribution in [0.5, 0.6) is 0 Å². The molecule has 5 aliphatic rings. The topological polar surface area (TPSA) is 55.8 Å². The molecule has 4 nitrogen and oxygen atoms in total. The molecule has 0 aromatic heterocycles. The third kappa shape index (κ3) is 2.60. The summed E-state index contributed by atoms with van der Waals surface area (Å²) < 4.78 is 75.5. The standard InChI is InChI=1S/C21H27F5O4/c1-8-9(2)13-5-12(8)16-10-3-14(17(13)16)15(4-10)18(27)29-7-11-6-19(22,23)20(28,30-11)21(24,25)26/h8-17,28H,3-7H2,1-2H3. The molecule has 0 spiro atoms. The molecule has 4 saturated carbocycles. The van der Waals surface area contributed by atoms with Gasteiger partial charge in [-0.15, -0.1) is 0 Å². The van der Waals surface area contributed by atoms with Gasteiger partial charge in [-0.3, -0.25) is 4.79 Å². The van der Waals surface area contributed by atoms with E-state index < -0.39 is 43.0 Å². The molecule has 1 aliphatic heterocycles. The average molecular weight is 438 g/mol. The molecular weight excluding hydrogens is 411 g/mol. The molecule has 1 saturated heterocycles. The Balaban J connectivity index is 1.21. The molecule has 4 bridgehead atoms. The van der Waals surface area contributed by atoms with Crippen LogP contribution >= 0.6 is 0 Å². The Hall–Kier alpha value is -0.960. The number of rotatable bonds is 3. The Morgan fingerprint density at radius 1 is 1.07 bits per heavy atom. The molecule has 0 amide bonds. The number of carbonyl (C=O) groups is 1. The lowest BCUT2D eigenvalue weighted by Gasteiger charge is -2.43. The zero-order chi connectivity index (χ0) is 21.8. The second-order valence-corrected chi connectivity index (χ2v) is 10.4. The summed E-state index contributed by atoms with van der Waals surface area (Å²) in [6.07, 6.45) is -5.80. The summed E-state index contributed by atoms with van der Waals surface area (Å²) in [5.74, 6) is -5.38. The molecule has 9 heteroatoms. The van der Waals surface area contributed by atoms with Crippen LogP contribution in [-0.2, 0) is 14.3 Å². The van der Waals surface area contributed by atoms with E-state index in [-0.39, 0.29) is 11.8 Å². The second kappa shape index (κ2) is 6.30. The number of aliphatic hydroxyl groups is 1. The van der Waals surface area contributed by atoms with E-state index in [0.717, 1.165) is 12.3 Å². The average Bonchev–Trinajstić information content (AvgIpc) is 3.40. The van der Waals surface area contributed by atoms with Gasteiger partial charge >= 0.3 is 23.9 Å². The first-order valence-electron chi connectivity index (χ1n) is 10.9. The van der Waals surface area contributed by atoms with Gasteiger partial charge in [0.2, 0.25) is 0 Å². The molecule has 11 atom stereocenters. The van der Waals surface area contributed by atoms with E-state index in [2.05, 4.69) is 18.6 Å². The monoisotopic (exact) mass is 438 g/mol. The van der Waals surface area contributed by atoms with Crippen molar-refractivity contribution in [2.24, 2.45) is 53.3 Å². The lowest BCUT2D eigenvalue weighted by molar-refractivity contribution is -0.407. The van der Waals surface area contributed by atoms with E-state index in [1.165, 1.54) is 6.42 Å². The van der Waals surface area contributed by atoms with Crippen LogP contribution in [0.4, 0.5) is 22.0 Å². The van der Waals surface area contributed by atoms with Gasteiger partial charge in [0, 0.05) is 6.42 Å². The first-order chi connectivity index (χ1) is 13.9. The first kappa shape index (κ1) is 20.9. The molecule has 11 unspecified atom stereocenters. The van der Waals surface area contributed by atoms with Gasteiger partial charge < -0.3 is 14.6 Å². The molecule has 4 aliphatic carbocycles. The number of esters is 1. The summed E-state index contributed by atoms with van der Waals surface area (Å²) in [5, 5.41) is 9.36. The summed E-state index contributed by atoms with van der Waals surface area (Å²) in [6.45, 7) is 3.89. The first-order valence-corrected chi connectivity index (χ1v) is 10.9. The van der Waals surface area contributed by atoms with Crippen molar-refractivity contribution < 1.29 is 41.3 Å². The molecule has 0 aromatic carbocycles. The Labute approximate surface area is 171 Å². The number of fused-ring (bicyclic) bond motifs is 9. The highest BCUT2D eigenvalue weighted by atomic mass is 19.4. The van der Waals surface area contributed by atoms with Crippen LogP contribution in [0.3, 0.4) is 0 Å². The Bertz CT molecular complexity index is 741. The molecule has 30 heavy (non-hydrogen) atoms. The summed E-state index contributed by atoms with van der Waals surface area (Å²) in [7, 11) is 0. The lowest BCUT2D eigenvalue weighted by atomic mass is 9.62. The van der Waals surface area contributed by atoms with Gasteiger partial charge in [0.15, 0.2) is 0 Å². The molecule has 0 aromatic rings. The van der Waals surface area contributed by atoms with Gasteiger partial charge in [-0.2, -0.15) is 13.2 Å². The minimum atomic E-state index is -5.65. The highest BCUT2D eigenvalue weighted by molar-refractivity contribution is 5.73. The largest absolute Gasteiger partial charge is 0.463 e. The summed E-state index contributed by atoms with van der Waals surface area (Å²) in [4.78, 5) is 12.7. The van der Waals surface area contributed by atoms with Crippen molar-refractivity contribution in [3.8, 4) is 0 Å². The van der Waals surface area contributed by atoms with Crippen LogP contribution in [0.15, 0.2) is 0 Å². The zero-order valence-electron chi connectivity index (χ0n) is 16.9. The maximum Gasteiger partial charge on any atom is 0.449 e. The van der Waals surface area contributed by atoms with E-state index in [0.29, 0.717) is 41.9 Å². The van der Waals surface area contributed by atoms with Crippen LogP contribution in [0.1, 0.15) is 39.5 Å². The van der Waals surface area contributed by atoms with Crippen molar-refractivity contribution in [2.75, 3.05) is 6.61 Å². The molecule has 1 heterocycles. The Kier molecular flexibility index (Phi) is 4.39. The number of hydrogen-bond acceptors (Lipinski definition) is 4. The SMILES string of the molecule is CC1C(C)C2CC1C1C3CC(C(=O)OCC4CC(F)(F)C(O)(C(F)(F)F)O4)C(C3)C21. The summed E-state index contributed by atoms with van der Waals surface area (Å²) in [5.41, 5.74) is 0. The number of halogens is 5. The van der Waals surface area contributed by atoms with E-state index in [4.69, 9.17) is 4.74 Å². The van der Waals surface area contributed by atoms with Crippen molar-refractivity contribution >= 4 is 5.97 Å². The van der Waals surface area contributed by atoms with Gasteiger partial charge in [0.25, 0.3) is 0 Å². The normalized spacial score (nSPS) is 53.3. The third-order valence-corrected chi connectivity index (χ3v) is 9.26. The fourth-order valence-corrected chi connectivity index (χ4v) is 7.94. The van der Waals surface area contributed by atoms with Crippen molar-refractivity contribution in [3.05, 3.63) is 0 Å². The highest BCUT2D eigenvalue weighted by Crippen LogP contribution is 2.71. The van der Waals surface area contributed by atoms with Crippen molar-refractivity contribution in [3.63, 3.8) is 0 Å². The Morgan fingerprint density at radius 3 is 2.30 bits per heavy atom. The van der Waals surface area contributed by atoms with E-state index >= 15 is 0 Å². The predicted octanol–water partition coefficient (Wildman–Crippen LogP) is 4.02. The zero-order valence-corrected chi connectivity index (χ0v) is 16.9.